The van der Waals surface area contributed by atoms with E-state index in [1.807, 2.05) is 0 Å². The first kappa shape index (κ1) is 17.4. The lowest BCUT2D eigenvalue weighted by molar-refractivity contribution is -0.123. The van der Waals surface area contributed by atoms with Crippen LogP contribution in [-0.2, 0) is 4.79 Å². The fourth-order valence-corrected chi connectivity index (χ4v) is 2.89. The second-order valence-corrected chi connectivity index (χ2v) is 6.21. The fourth-order valence-electron chi connectivity index (χ4n) is 2.89. The van der Waals surface area contributed by atoms with Crippen molar-refractivity contribution in [3.05, 3.63) is 0 Å². The molecule has 0 radical (unpaired) electrons. The van der Waals surface area contributed by atoms with Crippen molar-refractivity contribution < 1.29 is 4.79 Å². The van der Waals surface area contributed by atoms with Crippen molar-refractivity contribution in [3.8, 4) is 0 Å². The third-order valence-corrected chi connectivity index (χ3v) is 4.21. The van der Waals surface area contributed by atoms with Gasteiger partial charge in [0.25, 0.3) is 0 Å². The van der Waals surface area contributed by atoms with Gasteiger partial charge in [0.05, 0.1) is 6.54 Å². The molecule has 1 aliphatic heterocycles. The first-order valence-electron chi connectivity index (χ1n) is 8.33. The number of carbonyl (C=O) groups is 1. The lowest BCUT2D eigenvalue weighted by atomic mass is 10.1. The van der Waals surface area contributed by atoms with Crippen LogP contribution in [0, 0.1) is 0 Å². The number of carbonyl (C=O) groups excluding carboxylic acids is 1. The summed E-state index contributed by atoms with van der Waals surface area (Å²) in [7, 11) is 2.08. The average molecular weight is 283 g/mol. The van der Waals surface area contributed by atoms with Crippen LogP contribution in [0.25, 0.3) is 0 Å². The van der Waals surface area contributed by atoms with Crippen LogP contribution in [0.5, 0.6) is 0 Å². The molecule has 1 fully saturated rings. The summed E-state index contributed by atoms with van der Waals surface area (Å²) in [5, 5.41) is 6.55. The van der Waals surface area contributed by atoms with Gasteiger partial charge in [-0.2, -0.15) is 0 Å². The molecule has 0 saturated carbocycles. The monoisotopic (exact) mass is 283 g/mol. The molecule has 0 aliphatic carbocycles. The molecule has 20 heavy (non-hydrogen) atoms. The van der Waals surface area contributed by atoms with Crippen LogP contribution in [-0.4, -0.2) is 49.6 Å². The maximum absolute atomic E-state index is 12.1. The number of amides is 1. The smallest absolute Gasteiger partial charge is 0.234 e. The summed E-state index contributed by atoms with van der Waals surface area (Å²) in [6.07, 6.45) is 8.36. The van der Waals surface area contributed by atoms with Gasteiger partial charge < -0.3 is 10.6 Å². The van der Waals surface area contributed by atoms with Crippen molar-refractivity contribution >= 4 is 5.91 Å². The van der Waals surface area contributed by atoms with E-state index in [0.717, 1.165) is 25.9 Å². The van der Waals surface area contributed by atoms with Gasteiger partial charge in [0, 0.05) is 12.1 Å². The molecular weight excluding hydrogens is 250 g/mol. The third-order valence-electron chi connectivity index (χ3n) is 4.21. The molecule has 2 atom stereocenters. The van der Waals surface area contributed by atoms with Crippen molar-refractivity contribution in [2.75, 3.05) is 26.7 Å². The van der Waals surface area contributed by atoms with E-state index in [-0.39, 0.29) is 5.91 Å². The van der Waals surface area contributed by atoms with Gasteiger partial charge in [-0.25, -0.2) is 0 Å². The Morgan fingerprint density at radius 3 is 2.90 bits per heavy atom. The van der Waals surface area contributed by atoms with Gasteiger partial charge >= 0.3 is 0 Å². The number of likely N-dealkylation sites (N-methyl/N-ethyl adjacent to an activating group) is 1. The second kappa shape index (κ2) is 10.2. The average Bonchev–Trinajstić information content (AvgIpc) is 2.67. The Hall–Kier alpha value is -0.610. The van der Waals surface area contributed by atoms with Crippen LogP contribution in [0.1, 0.15) is 58.8 Å². The van der Waals surface area contributed by atoms with E-state index >= 15 is 0 Å². The minimum atomic E-state index is 0.175. The number of nitrogens with one attached hydrogen (secondary N) is 2. The summed E-state index contributed by atoms with van der Waals surface area (Å²) in [5.74, 6) is 0.175. The molecular formula is C16H33N3O. The second-order valence-electron chi connectivity index (χ2n) is 6.21. The predicted molar refractivity (Wildman–Crippen MR) is 84.9 cm³/mol. The van der Waals surface area contributed by atoms with Gasteiger partial charge in [0.2, 0.25) is 5.91 Å². The molecule has 2 unspecified atom stereocenters. The summed E-state index contributed by atoms with van der Waals surface area (Å²) in [6, 6.07) is 0.851. The zero-order valence-corrected chi connectivity index (χ0v) is 13.6. The van der Waals surface area contributed by atoms with Crippen LogP contribution >= 0.6 is 0 Å². The van der Waals surface area contributed by atoms with Gasteiger partial charge in [0.1, 0.15) is 0 Å². The molecule has 0 spiro atoms. The number of hydrogen-bond donors (Lipinski definition) is 2. The minimum absolute atomic E-state index is 0.175. The molecule has 0 aromatic rings. The number of hydrogen-bond acceptors (Lipinski definition) is 3. The maximum Gasteiger partial charge on any atom is 0.234 e. The van der Waals surface area contributed by atoms with Crippen molar-refractivity contribution in [1.29, 1.82) is 0 Å². The molecule has 4 nitrogen and oxygen atoms in total. The van der Waals surface area contributed by atoms with Crippen LogP contribution in [0.15, 0.2) is 0 Å². The van der Waals surface area contributed by atoms with E-state index in [9.17, 15) is 4.79 Å². The van der Waals surface area contributed by atoms with E-state index in [4.69, 9.17) is 0 Å². The Labute approximate surface area is 124 Å². The molecule has 1 aliphatic rings. The zero-order chi connectivity index (χ0) is 14.8. The molecule has 1 rings (SSSR count). The van der Waals surface area contributed by atoms with Crippen molar-refractivity contribution in [2.45, 2.75) is 70.9 Å². The van der Waals surface area contributed by atoms with Crippen LogP contribution in [0.4, 0.5) is 0 Å². The summed E-state index contributed by atoms with van der Waals surface area (Å²) in [4.78, 5) is 14.3. The van der Waals surface area contributed by atoms with E-state index in [1.54, 1.807) is 0 Å². The fraction of sp³-hybridized carbons (Fsp3) is 0.938. The Bertz CT molecular complexity index is 262. The Balaban J connectivity index is 2.22. The first-order valence-corrected chi connectivity index (χ1v) is 8.33. The largest absolute Gasteiger partial charge is 0.353 e. The standard InChI is InChI=1S/C16H33N3O/c1-4-5-6-8-14(2)18-16(20)13-19(3)15-9-7-11-17-12-10-15/h14-15,17H,4-13H2,1-3H3,(H,18,20). The van der Waals surface area contributed by atoms with Gasteiger partial charge in [-0.05, 0) is 52.7 Å². The van der Waals surface area contributed by atoms with Crippen LogP contribution < -0.4 is 10.6 Å². The predicted octanol–water partition coefficient (Wildman–Crippen LogP) is 2.15. The molecule has 1 amide bonds. The number of rotatable bonds is 8. The molecule has 0 bridgehead atoms. The highest BCUT2D eigenvalue weighted by Gasteiger charge is 2.19. The maximum atomic E-state index is 12.1. The Kier molecular flexibility index (Phi) is 8.86. The highest BCUT2D eigenvalue weighted by Crippen LogP contribution is 2.11. The van der Waals surface area contributed by atoms with Gasteiger partial charge in [-0.15, -0.1) is 0 Å². The van der Waals surface area contributed by atoms with E-state index < -0.39 is 0 Å². The molecule has 118 valence electrons. The van der Waals surface area contributed by atoms with Crippen molar-refractivity contribution in [1.82, 2.24) is 15.5 Å². The lowest BCUT2D eigenvalue weighted by Gasteiger charge is -2.26. The van der Waals surface area contributed by atoms with Gasteiger partial charge in [-0.3, -0.25) is 9.69 Å². The molecule has 1 saturated heterocycles. The van der Waals surface area contributed by atoms with E-state index in [1.165, 1.54) is 32.1 Å². The molecule has 4 heteroatoms. The molecule has 2 N–H and O–H groups in total. The highest BCUT2D eigenvalue weighted by atomic mass is 16.2. The summed E-state index contributed by atoms with van der Waals surface area (Å²) in [5.41, 5.74) is 0. The van der Waals surface area contributed by atoms with E-state index in [2.05, 4.69) is 36.4 Å². The summed E-state index contributed by atoms with van der Waals surface area (Å²) in [6.45, 7) is 7.04. The normalized spacial score (nSPS) is 21.5. The Morgan fingerprint density at radius 1 is 1.35 bits per heavy atom. The summed E-state index contributed by atoms with van der Waals surface area (Å²) < 4.78 is 0. The van der Waals surface area contributed by atoms with Crippen molar-refractivity contribution in [3.63, 3.8) is 0 Å². The molecule has 0 aromatic carbocycles. The third kappa shape index (κ3) is 7.25. The van der Waals surface area contributed by atoms with Crippen molar-refractivity contribution in [2.24, 2.45) is 0 Å². The molecule has 0 aromatic heterocycles. The number of unbranched alkanes of at least 4 members (excludes halogenated alkanes) is 2. The SMILES string of the molecule is CCCCCC(C)NC(=O)CN(C)C1CCCNCC1. The van der Waals surface area contributed by atoms with Crippen LogP contribution in [0.3, 0.4) is 0 Å². The minimum Gasteiger partial charge on any atom is -0.353 e. The summed E-state index contributed by atoms with van der Waals surface area (Å²) >= 11 is 0. The number of nitrogens with zero attached hydrogens (tertiary/aromatic N) is 1. The lowest BCUT2D eigenvalue weighted by Crippen LogP contribution is -2.43. The van der Waals surface area contributed by atoms with Gasteiger partial charge in [-0.1, -0.05) is 26.2 Å². The Morgan fingerprint density at radius 2 is 2.15 bits per heavy atom. The zero-order valence-electron chi connectivity index (χ0n) is 13.6. The quantitative estimate of drug-likeness (QED) is 0.671. The highest BCUT2D eigenvalue weighted by molar-refractivity contribution is 5.78. The van der Waals surface area contributed by atoms with E-state index in [0.29, 0.717) is 18.6 Å². The molecule has 1 heterocycles. The van der Waals surface area contributed by atoms with Gasteiger partial charge in [0.15, 0.2) is 0 Å². The topological polar surface area (TPSA) is 44.4 Å². The first-order chi connectivity index (χ1) is 9.63. The van der Waals surface area contributed by atoms with Crippen LogP contribution in [0.2, 0.25) is 0 Å².